The molecule has 0 fully saturated rings. The van der Waals surface area contributed by atoms with Crippen LogP contribution in [-0.2, 0) is 5.33 Å². The Kier molecular flexibility index (Phi) is 2.32. The van der Waals surface area contributed by atoms with E-state index in [1.165, 1.54) is 16.5 Å². The monoisotopic (exact) mass is 235 g/mol. The summed E-state index contributed by atoms with van der Waals surface area (Å²) in [5, 5.41) is 2.12. The summed E-state index contributed by atoms with van der Waals surface area (Å²) in [5.41, 5.74) is 3.65. The van der Waals surface area contributed by atoms with Crippen molar-refractivity contribution in [1.29, 1.82) is 0 Å². The van der Waals surface area contributed by atoms with E-state index in [2.05, 4.69) is 46.0 Å². The van der Waals surface area contributed by atoms with E-state index in [9.17, 15) is 0 Å². The zero-order chi connectivity index (χ0) is 9.26. The van der Waals surface area contributed by atoms with Crippen LogP contribution < -0.4 is 0 Å². The Bertz CT molecular complexity index is 437. The van der Waals surface area contributed by atoms with Gasteiger partial charge in [0.1, 0.15) is 0 Å². The van der Waals surface area contributed by atoms with Crippen LogP contribution in [0.1, 0.15) is 11.1 Å². The van der Waals surface area contributed by atoms with Crippen molar-refractivity contribution in [1.82, 2.24) is 4.98 Å². The minimum atomic E-state index is 0.901. The second-order valence-corrected chi connectivity index (χ2v) is 3.68. The fourth-order valence-corrected chi connectivity index (χ4v) is 1.85. The number of hydrogen-bond acceptors (Lipinski definition) is 1. The first kappa shape index (κ1) is 8.70. The first-order valence-electron chi connectivity index (χ1n) is 4.21. The minimum absolute atomic E-state index is 0.901. The van der Waals surface area contributed by atoms with E-state index in [-0.39, 0.29) is 0 Å². The highest BCUT2D eigenvalue weighted by molar-refractivity contribution is 9.08. The summed E-state index contributed by atoms with van der Waals surface area (Å²) < 4.78 is 0. The number of aromatic nitrogens is 1. The largest absolute Gasteiger partial charge is 0.256 e. The summed E-state index contributed by atoms with van der Waals surface area (Å²) >= 11 is 3.46. The molecule has 2 rings (SSSR count). The minimum Gasteiger partial charge on any atom is -0.256 e. The molecule has 1 aromatic carbocycles. The van der Waals surface area contributed by atoms with Crippen molar-refractivity contribution >= 4 is 26.8 Å². The molecule has 0 unspecified atom stereocenters. The van der Waals surface area contributed by atoms with Crippen LogP contribution in [0.3, 0.4) is 0 Å². The van der Waals surface area contributed by atoms with Gasteiger partial charge in [-0.2, -0.15) is 0 Å². The van der Waals surface area contributed by atoms with E-state index < -0.39 is 0 Å². The molecule has 0 amide bonds. The van der Waals surface area contributed by atoms with Gasteiger partial charge in [-0.25, -0.2) is 0 Å². The molecule has 0 aliphatic heterocycles. The van der Waals surface area contributed by atoms with Crippen LogP contribution in [-0.4, -0.2) is 4.98 Å². The lowest BCUT2D eigenvalue weighted by Crippen LogP contribution is -1.85. The predicted octanol–water partition coefficient (Wildman–Crippen LogP) is 3.44. The molecule has 1 heterocycles. The quantitative estimate of drug-likeness (QED) is 0.691. The van der Waals surface area contributed by atoms with Gasteiger partial charge in [-0.1, -0.05) is 28.1 Å². The third-order valence-electron chi connectivity index (χ3n) is 2.11. The van der Waals surface area contributed by atoms with E-state index in [0.29, 0.717) is 0 Å². The Balaban J connectivity index is 2.77. The van der Waals surface area contributed by atoms with Crippen LogP contribution in [0.5, 0.6) is 0 Å². The highest BCUT2D eigenvalue weighted by Crippen LogP contribution is 2.19. The van der Waals surface area contributed by atoms with Gasteiger partial charge in [0.25, 0.3) is 0 Å². The van der Waals surface area contributed by atoms with Crippen molar-refractivity contribution in [2.45, 2.75) is 12.3 Å². The lowest BCUT2D eigenvalue weighted by Gasteiger charge is -2.03. The number of halogens is 1. The Morgan fingerprint density at radius 3 is 3.00 bits per heavy atom. The first-order chi connectivity index (χ1) is 6.31. The van der Waals surface area contributed by atoms with Gasteiger partial charge in [0.15, 0.2) is 0 Å². The summed E-state index contributed by atoms with van der Waals surface area (Å²) in [6, 6.07) is 8.41. The summed E-state index contributed by atoms with van der Waals surface area (Å²) in [7, 11) is 0. The Morgan fingerprint density at radius 2 is 2.23 bits per heavy atom. The molecular weight excluding hydrogens is 226 g/mol. The molecule has 0 bridgehead atoms. The third-order valence-corrected chi connectivity index (χ3v) is 2.76. The zero-order valence-corrected chi connectivity index (χ0v) is 9.01. The van der Waals surface area contributed by atoms with Gasteiger partial charge in [0.05, 0.1) is 5.52 Å². The van der Waals surface area contributed by atoms with Gasteiger partial charge in [-0.05, 0) is 30.2 Å². The van der Waals surface area contributed by atoms with E-state index >= 15 is 0 Å². The summed E-state index contributed by atoms with van der Waals surface area (Å²) in [5.74, 6) is 0. The van der Waals surface area contributed by atoms with E-state index in [1.54, 1.807) is 0 Å². The number of benzene rings is 1. The second kappa shape index (κ2) is 3.46. The van der Waals surface area contributed by atoms with Crippen LogP contribution in [0.2, 0.25) is 0 Å². The Hall–Kier alpha value is -0.890. The molecule has 2 aromatic rings. The van der Waals surface area contributed by atoms with Crippen molar-refractivity contribution in [3.63, 3.8) is 0 Å². The van der Waals surface area contributed by atoms with Crippen LogP contribution in [0, 0.1) is 6.92 Å². The smallest absolute Gasteiger partial charge is 0.0731 e. The lowest BCUT2D eigenvalue weighted by molar-refractivity contribution is 1.33. The first-order valence-corrected chi connectivity index (χ1v) is 5.33. The highest BCUT2D eigenvalue weighted by atomic mass is 79.9. The number of alkyl halides is 1. The van der Waals surface area contributed by atoms with Crippen LogP contribution >= 0.6 is 15.9 Å². The van der Waals surface area contributed by atoms with E-state index in [1.807, 2.05) is 12.3 Å². The lowest BCUT2D eigenvalue weighted by atomic mass is 10.1. The van der Waals surface area contributed by atoms with Crippen LogP contribution in [0.25, 0.3) is 10.9 Å². The third kappa shape index (κ3) is 1.59. The number of pyridine rings is 1. The number of hydrogen-bond donors (Lipinski definition) is 0. The average molecular weight is 236 g/mol. The molecule has 1 aromatic heterocycles. The van der Waals surface area contributed by atoms with E-state index in [4.69, 9.17) is 0 Å². The summed E-state index contributed by atoms with van der Waals surface area (Å²) in [6.45, 7) is 2.10. The van der Waals surface area contributed by atoms with Gasteiger partial charge < -0.3 is 0 Å². The van der Waals surface area contributed by atoms with Crippen molar-refractivity contribution < 1.29 is 0 Å². The number of rotatable bonds is 1. The van der Waals surface area contributed by atoms with Gasteiger partial charge >= 0.3 is 0 Å². The summed E-state index contributed by atoms with van der Waals surface area (Å²) in [4.78, 5) is 4.34. The van der Waals surface area contributed by atoms with Crippen LogP contribution in [0.4, 0.5) is 0 Å². The molecule has 0 aliphatic carbocycles. The topological polar surface area (TPSA) is 12.9 Å². The molecule has 0 saturated heterocycles. The van der Waals surface area contributed by atoms with Crippen LogP contribution in [0.15, 0.2) is 30.5 Å². The molecule has 0 radical (unpaired) electrons. The molecule has 13 heavy (non-hydrogen) atoms. The highest BCUT2D eigenvalue weighted by Gasteiger charge is 1.99. The van der Waals surface area contributed by atoms with Crippen molar-refractivity contribution in [2.24, 2.45) is 0 Å². The fraction of sp³-hybridized carbons (Fsp3) is 0.182. The van der Waals surface area contributed by atoms with Gasteiger partial charge in [-0.15, -0.1) is 0 Å². The molecule has 0 aliphatic rings. The normalized spacial score (nSPS) is 10.6. The molecule has 66 valence electrons. The second-order valence-electron chi connectivity index (χ2n) is 3.12. The molecular formula is C11H10BrN. The standard InChI is InChI=1S/C11H10BrN/c1-8-5-9(7-12)6-10-3-2-4-13-11(8)10/h2-6H,7H2,1H3. The fourth-order valence-electron chi connectivity index (χ4n) is 1.53. The molecule has 2 heteroatoms. The Morgan fingerprint density at radius 1 is 1.38 bits per heavy atom. The molecule has 0 atom stereocenters. The maximum absolute atomic E-state index is 4.34. The summed E-state index contributed by atoms with van der Waals surface area (Å²) in [6.07, 6.45) is 1.84. The average Bonchev–Trinajstić information content (AvgIpc) is 2.18. The number of nitrogens with zero attached hydrogens (tertiary/aromatic N) is 1. The zero-order valence-electron chi connectivity index (χ0n) is 7.42. The van der Waals surface area contributed by atoms with Gasteiger partial charge in [0, 0.05) is 16.9 Å². The molecule has 0 N–H and O–H groups in total. The van der Waals surface area contributed by atoms with E-state index in [0.717, 1.165) is 10.8 Å². The predicted molar refractivity (Wildman–Crippen MR) is 59.1 cm³/mol. The van der Waals surface area contributed by atoms with Gasteiger partial charge in [0.2, 0.25) is 0 Å². The van der Waals surface area contributed by atoms with Crippen molar-refractivity contribution in [3.8, 4) is 0 Å². The Labute approximate surface area is 85.9 Å². The SMILES string of the molecule is Cc1cc(CBr)cc2cccnc12. The molecule has 0 saturated carbocycles. The maximum Gasteiger partial charge on any atom is 0.0731 e. The molecule has 0 spiro atoms. The van der Waals surface area contributed by atoms with Crippen molar-refractivity contribution in [2.75, 3.05) is 0 Å². The number of fused-ring (bicyclic) bond motifs is 1. The van der Waals surface area contributed by atoms with Crippen molar-refractivity contribution in [3.05, 3.63) is 41.6 Å². The maximum atomic E-state index is 4.34. The number of aryl methyl sites for hydroxylation is 1. The van der Waals surface area contributed by atoms with Gasteiger partial charge in [-0.3, -0.25) is 4.98 Å². The molecule has 1 nitrogen and oxygen atoms in total.